The number of anilines is 2. The molecular formula is C21H22N2OS2. The molecule has 2 aromatic carbocycles. The molecule has 5 heteroatoms. The first kappa shape index (κ1) is 18.7. The summed E-state index contributed by atoms with van der Waals surface area (Å²) in [5.74, 6) is 0.766. The maximum Gasteiger partial charge on any atom is 0.230 e. The summed E-state index contributed by atoms with van der Waals surface area (Å²) in [6.07, 6.45) is 0.984. The Hall–Kier alpha value is -2.11. The van der Waals surface area contributed by atoms with E-state index >= 15 is 0 Å². The van der Waals surface area contributed by atoms with Crippen LogP contribution in [0.4, 0.5) is 10.8 Å². The normalized spacial score (nSPS) is 10.7. The fourth-order valence-corrected chi connectivity index (χ4v) is 4.53. The van der Waals surface area contributed by atoms with E-state index < -0.39 is 0 Å². The number of benzene rings is 2. The van der Waals surface area contributed by atoms with Crippen molar-refractivity contribution in [3.05, 3.63) is 70.7 Å². The third-order valence-electron chi connectivity index (χ3n) is 4.02. The summed E-state index contributed by atoms with van der Waals surface area (Å²) in [5.41, 5.74) is 4.37. The average Bonchev–Trinajstić information content (AvgIpc) is 3.09. The van der Waals surface area contributed by atoms with Crippen LogP contribution in [0.5, 0.6) is 0 Å². The van der Waals surface area contributed by atoms with Crippen LogP contribution in [0, 0.1) is 6.92 Å². The van der Waals surface area contributed by atoms with Crippen LogP contribution in [-0.4, -0.2) is 10.9 Å². The van der Waals surface area contributed by atoms with Gasteiger partial charge in [-0.1, -0.05) is 36.8 Å². The highest BCUT2D eigenvalue weighted by Crippen LogP contribution is 2.31. The Morgan fingerprint density at radius 2 is 1.96 bits per heavy atom. The highest BCUT2D eigenvalue weighted by atomic mass is 32.2. The molecule has 134 valence electrons. The molecule has 1 aromatic heterocycles. The molecule has 0 unspecified atom stereocenters. The molecule has 0 aliphatic heterocycles. The number of nitrogens with zero attached hydrogens (tertiary/aromatic N) is 2. The number of amides is 1. The second-order valence-corrected chi connectivity index (χ2v) is 7.99. The topological polar surface area (TPSA) is 33.2 Å². The molecule has 1 heterocycles. The molecule has 3 rings (SSSR count). The summed E-state index contributed by atoms with van der Waals surface area (Å²) < 4.78 is 0. The van der Waals surface area contributed by atoms with Crippen molar-refractivity contribution in [1.29, 1.82) is 0 Å². The number of rotatable bonds is 6. The van der Waals surface area contributed by atoms with Gasteiger partial charge in [0.25, 0.3) is 0 Å². The molecule has 0 fully saturated rings. The number of hydrogen-bond acceptors (Lipinski definition) is 4. The quantitative estimate of drug-likeness (QED) is 0.491. The molecule has 0 saturated carbocycles. The fraction of sp³-hybridized carbons (Fsp3) is 0.238. The number of aryl methyl sites for hydroxylation is 2. The van der Waals surface area contributed by atoms with Crippen molar-refractivity contribution in [2.24, 2.45) is 0 Å². The first-order valence-corrected chi connectivity index (χ1v) is 10.5. The molecule has 0 atom stereocenters. The van der Waals surface area contributed by atoms with Crippen LogP contribution in [0.3, 0.4) is 0 Å². The molecule has 0 saturated heterocycles. The standard InChI is InChI=1S/C21H22N2OS2/c1-4-17-8-10-19(11-9-17)23(16(3)24)21-22-18(14-26-21)13-25-20-7-5-6-15(2)12-20/h5-12,14H,4,13H2,1-3H3. The lowest BCUT2D eigenvalue weighted by Crippen LogP contribution is -2.22. The van der Waals surface area contributed by atoms with Crippen LogP contribution in [-0.2, 0) is 17.0 Å². The highest BCUT2D eigenvalue weighted by molar-refractivity contribution is 7.98. The second-order valence-electron chi connectivity index (χ2n) is 6.10. The molecule has 0 bridgehead atoms. The van der Waals surface area contributed by atoms with Crippen molar-refractivity contribution in [2.45, 2.75) is 37.8 Å². The van der Waals surface area contributed by atoms with Gasteiger partial charge >= 0.3 is 0 Å². The van der Waals surface area contributed by atoms with Gasteiger partial charge in [0.15, 0.2) is 5.13 Å². The molecule has 1 amide bonds. The minimum atomic E-state index is -0.0264. The van der Waals surface area contributed by atoms with E-state index in [2.05, 4.69) is 50.2 Å². The van der Waals surface area contributed by atoms with E-state index in [1.165, 1.54) is 27.4 Å². The maximum absolute atomic E-state index is 12.2. The maximum atomic E-state index is 12.2. The summed E-state index contributed by atoms with van der Waals surface area (Å²) in [6, 6.07) is 16.6. The highest BCUT2D eigenvalue weighted by Gasteiger charge is 2.18. The second kappa shape index (κ2) is 8.52. The van der Waals surface area contributed by atoms with Gasteiger partial charge in [0.1, 0.15) is 0 Å². The Labute approximate surface area is 163 Å². The minimum Gasteiger partial charge on any atom is -0.274 e. The van der Waals surface area contributed by atoms with Crippen molar-refractivity contribution in [3.8, 4) is 0 Å². The van der Waals surface area contributed by atoms with Crippen LogP contribution in [0.1, 0.15) is 30.7 Å². The summed E-state index contributed by atoms with van der Waals surface area (Å²) in [5, 5.41) is 2.76. The molecular weight excluding hydrogens is 360 g/mol. The van der Waals surface area contributed by atoms with Gasteiger partial charge < -0.3 is 0 Å². The van der Waals surface area contributed by atoms with Crippen LogP contribution < -0.4 is 4.90 Å². The van der Waals surface area contributed by atoms with Gasteiger partial charge in [0.05, 0.1) is 11.4 Å². The van der Waals surface area contributed by atoms with Crippen LogP contribution in [0.2, 0.25) is 0 Å². The van der Waals surface area contributed by atoms with Crippen LogP contribution in [0.25, 0.3) is 0 Å². The number of carbonyl (C=O) groups is 1. The van der Waals surface area contributed by atoms with Crippen LogP contribution in [0.15, 0.2) is 58.8 Å². The van der Waals surface area contributed by atoms with E-state index in [9.17, 15) is 4.79 Å². The van der Waals surface area contributed by atoms with E-state index in [0.717, 1.165) is 28.7 Å². The SMILES string of the molecule is CCc1ccc(N(C(C)=O)c2nc(CSc3cccc(C)c3)cs2)cc1. The van der Waals surface area contributed by atoms with Gasteiger partial charge in [-0.25, -0.2) is 4.98 Å². The lowest BCUT2D eigenvalue weighted by molar-refractivity contribution is -0.115. The predicted octanol–water partition coefficient (Wildman–Crippen LogP) is 5.99. The van der Waals surface area contributed by atoms with E-state index in [-0.39, 0.29) is 5.91 Å². The molecule has 0 radical (unpaired) electrons. The zero-order valence-corrected chi connectivity index (χ0v) is 16.9. The van der Waals surface area contributed by atoms with Gasteiger partial charge in [0, 0.05) is 23.0 Å². The zero-order chi connectivity index (χ0) is 18.5. The predicted molar refractivity (Wildman–Crippen MR) is 111 cm³/mol. The van der Waals surface area contributed by atoms with Gasteiger partial charge in [0.2, 0.25) is 5.91 Å². The van der Waals surface area contributed by atoms with E-state index in [0.29, 0.717) is 0 Å². The monoisotopic (exact) mass is 382 g/mol. The van der Waals surface area contributed by atoms with E-state index in [1.807, 2.05) is 17.5 Å². The molecule has 3 aromatic rings. The number of aromatic nitrogens is 1. The summed E-state index contributed by atoms with van der Waals surface area (Å²) in [4.78, 5) is 19.8. The first-order chi connectivity index (χ1) is 12.6. The first-order valence-electron chi connectivity index (χ1n) is 8.60. The van der Waals surface area contributed by atoms with Crippen molar-refractivity contribution in [2.75, 3.05) is 4.90 Å². The molecule has 0 spiro atoms. The van der Waals surface area contributed by atoms with E-state index in [4.69, 9.17) is 4.98 Å². The third-order valence-corrected chi connectivity index (χ3v) is 5.93. The average molecular weight is 383 g/mol. The molecule has 0 aliphatic rings. The number of hydrogen-bond donors (Lipinski definition) is 0. The van der Waals surface area contributed by atoms with Crippen molar-refractivity contribution in [1.82, 2.24) is 4.98 Å². The molecule has 26 heavy (non-hydrogen) atoms. The summed E-state index contributed by atoms with van der Waals surface area (Å²) in [6.45, 7) is 5.80. The largest absolute Gasteiger partial charge is 0.274 e. The molecule has 0 N–H and O–H groups in total. The zero-order valence-electron chi connectivity index (χ0n) is 15.2. The van der Waals surface area contributed by atoms with Crippen molar-refractivity contribution >= 4 is 39.8 Å². The number of carbonyl (C=O) groups excluding carboxylic acids is 1. The summed E-state index contributed by atoms with van der Waals surface area (Å²) in [7, 11) is 0. The number of thiazole rings is 1. The van der Waals surface area contributed by atoms with Gasteiger partial charge in [-0.05, 0) is 43.2 Å². The summed E-state index contributed by atoms with van der Waals surface area (Å²) >= 11 is 3.27. The lowest BCUT2D eigenvalue weighted by atomic mass is 10.1. The van der Waals surface area contributed by atoms with Gasteiger partial charge in [-0.3, -0.25) is 9.69 Å². The van der Waals surface area contributed by atoms with Crippen molar-refractivity contribution < 1.29 is 4.79 Å². The van der Waals surface area contributed by atoms with Crippen LogP contribution >= 0.6 is 23.1 Å². The van der Waals surface area contributed by atoms with Crippen molar-refractivity contribution in [3.63, 3.8) is 0 Å². The molecule has 0 aliphatic carbocycles. The Kier molecular flexibility index (Phi) is 6.12. The Balaban J connectivity index is 1.75. The van der Waals surface area contributed by atoms with E-state index in [1.54, 1.807) is 23.6 Å². The van der Waals surface area contributed by atoms with Gasteiger partial charge in [-0.15, -0.1) is 23.1 Å². The Morgan fingerprint density at radius 3 is 2.62 bits per heavy atom. The number of thioether (sulfide) groups is 1. The third kappa shape index (κ3) is 4.54. The smallest absolute Gasteiger partial charge is 0.230 e. The Morgan fingerprint density at radius 1 is 1.19 bits per heavy atom. The van der Waals surface area contributed by atoms with Gasteiger partial charge in [-0.2, -0.15) is 0 Å². The molecule has 3 nitrogen and oxygen atoms in total. The fourth-order valence-electron chi connectivity index (χ4n) is 2.64. The lowest BCUT2D eigenvalue weighted by Gasteiger charge is -2.18. The minimum absolute atomic E-state index is 0.0264. The Bertz CT molecular complexity index is 887.